The molecule has 0 spiro atoms. The number of benzene rings is 1. The van der Waals surface area contributed by atoms with Crippen molar-refractivity contribution in [1.29, 1.82) is 0 Å². The number of amides is 1. The second-order valence-corrected chi connectivity index (χ2v) is 5.15. The highest BCUT2D eigenvalue weighted by Gasteiger charge is 2.23. The molecule has 1 rings (SSSR count). The smallest absolute Gasteiger partial charge is 0.251 e. The number of rotatable bonds is 5. The summed E-state index contributed by atoms with van der Waals surface area (Å²) in [6.07, 6.45) is 1.73. The minimum absolute atomic E-state index is 0.108. The van der Waals surface area contributed by atoms with Crippen molar-refractivity contribution in [2.75, 3.05) is 5.33 Å². The van der Waals surface area contributed by atoms with Crippen LogP contribution < -0.4 is 5.32 Å². The van der Waals surface area contributed by atoms with Crippen molar-refractivity contribution >= 4 is 21.8 Å². The molecule has 0 saturated carbocycles. The molecule has 3 nitrogen and oxygen atoms in total. The molecule has 2 N–H and O–H groups in total. The molecule has 0 fully saturated rings. The zero-order valence-electron chi connectivity index (χ0n) is 10.2. The van der Waals surface area contributed by atoms with Crippen LogP contribution in [0.4, 0.5) is 0 Å². The molecule has 94 valence electrons. The molecular weight excluding hydrogens is 282 g/mol. The van der Waals surface area contributed by atoms with Gasteiger partial charge in [0.05, 0.1) is 0 Å². The van der Waals surface area contributed by atoms with Gasteiger partial charge >= 0.3 is 0 Å². The van der Waals surface area contributed by atoms with Gasteiger partial charge in [0.25, 0.3) is 5.91 Å². The Hall–Kier alpha value is -1.03. The number of hydrogen-bond donors (Lipinski definition) is 2. The zero-order valence-corrected chi connectivity index (χ0v) is 11.8. The Bertz CT molecular complexity index is 395. The predicted molar refractivity (Wildman–Crippen MR) is 72.7 cm³/mol. The molecule has 0 bridgehead atoms. The maximum absolute atomic E-state index is 12.0. The number of carbonyl (C=O) groups is 1. The number of hydrogen-bond acceptors (Lipinski definition) is 2. The number of aromatic hydroxyl groups is 1. The van der Waals surface area contributed by atoms with Gasteiger partial charge in [-0.2, -0.15) is 0 Å². The minimum Gasteiger partial charge on any atom is -0.508 e. The van der Waals surface area contributed by atoms with E-state index in [1.165, 1.54) is 6.07 Å². The van der Waals surface area contributed by atoms with Crippen molar-refractivity contribution in [3.8, 4) is 5.75 Å². The van der Waals surface area contributed by atoms with Gasteiger partial charge in [0.15, 0.2) is 0 Å². The molecule has 1 aromatic rings. The van der Waals surface area contributed by atoms with Crippen LogP contribution in [-0.2, 0) is 0 Å². The van der Waals surface area contributed by atoms with E-state index in [1.807, 2.05) is 13.8 Å². The third-order valence-electron chi connectivity index (χ3n) is 2.95. The van der Waals surface area contributed by atoms with E-state index in [4.69, 9.17) is 0 Å². The Morgan fingerprint density at radius 3 is 2.76 bits per heavy atom. The van der Waals surface area contributed by atoms with Gasteiger partial charge in [-0.15, -0.1) is 0 Å². The van der Waals surface area contributed by atoms with Gasteiger partial charge in [0.2, 0.25) is 0 Å². The lowest BCUT2D eigenvalue weighted by molar-refractivity contribution is 0.0901. The van der Waals surface area contributed by atoms with Crippen LogP contribution in [0.3, 0.4) is 0 Å². The molecule has 0 aliphatic carbocycles. The number of carbonyl (C=O) groups excluding carboxylic acids is 1. The summed E-state index contributed by atoms with van der Waals surface area (Å²) < 4.78 is 0. The van der Waals surface area contributed by atoms with Crippen LogP contribution in [0, 0.1) is 0 Å². The average molecular weight is 300 g/mol. The van der Waals surface area contributed by atoms with Gasteiger partial charge in [0.1, 0.15) is 5.75 Å². The second-order valence-electron chi connectivity index (χ2n) is 4.36. The Morgan fingerprint density at radius 1 is 1.53 bits per heavy atom. The lowest BCUT2D eigenvalue weighted by atomic mass is 9.95. The van der Waals surface area contributed by atoms with Crippen molar-refractivity contribution in [1.82, 2.24) is 5.32 Å². The van der Waals surface area contributed by atoms with Gasteiger partial charge in [-0.1, -0.05) is 28.9 Å². The van der Waals surface area contributed by atoms with E-state index in [1.54, 1.807) is 18.2 Å². The lowest BCUT2D eigenvalue weighted by Crippen LogP contribution is -2.45. The van der Waals surface area contributed by atoms with Crippen LogP contribution in [0.2, 0.25) is 0 Å². The fraction of sp³-hybridized carbons (Fsp3) is 0.462. The van der Waals surface area contributed by atoms with E-state index in [2.05, 4.69) is 21.2 Å². The Kier molecular flexibility index (Phi) is 5.00. The number of nitrogens with one attached hydrogen (secondary N) is 1. The Balaban J connectivity index is 2.77. The van der Waals surface area contributed by atoms with Crippen LogP contribution in [0.25, 0.3) is 0 Å². The van der Waals surface area contributed by atoms with E-state index < -0.39 is 0 Å². The average Bonchev–Trinajstić information content (AvgIpc) is 2.29. The van der Waals surface area contributed by atoms with Crippen molar-refractivity contribution < 1.29 is 9.90 Å². The van der Waals surface area contributed by atoms with Crippen LogP contribution in [0.1, 0.15) is 37.0 Å². The number of phenols is 1. The quantitative estimate of drug-likeness (QED) is 0.821. The SMILES string of the molecule is CCC(C)(CCBr)NC(=O)c1cccc(O)c1. The van der Waals surface area contributed by atoms with Crippen molar-refractivity contribution in [2.24, 2.45) is 0 Å². The highest BCUT2D eigenvalue weighted by Crippen LogP contribution is 2.18. The van der Waals surface area contributed by atoms with Crippen LogP contribution in [0.15, 0.2) is 24.3 Å². The topological polar surface area (TPSA) is 49.3 Å². The standard InChI is InChI=1S/C13H18BrNO2/c1-3-13(2,7-8-14)15-12(17)10-5-4-6-11(16)9-10/h4-6,9,16H,3,7-8H2,1-2H3,(H,15,17). The molecule has 0 aliphatic rings. The first-order chi connectivity index (χ1) is 8.00. The van der Waals surface area contributed by atoms with E-state index in [0.29, 0.717) is 5.56 Å². The van der Waals surface area contributed by atoms with Gasteiger partial charge in [0, 0.05) is 16.4 Å². The van der Waals surface area contributed by atoms with Crippen molar-refractivity contribution in [3.63, 3.8) is 0 Å². The maximum Gasteiger partial charge on any atom is 0.251 e. The Labute approximate surface area is 110 Å². The summed E-state index contributed by atoms with van der Waals surface area (Å²) in [5.41, 5.74) is 0.269. The molecule has 0 aromatic heterocycles. The first-order valence-corrected chi connectivity index (χ1v) is 6.80. The van der Waals surface area contributed by atoms with Gasteiger partial charge in [-0.3, -0.25) is 4.79 Å². The molecule has 0 heterocycles. The van der Waals surface area contributed by atoms with Crippen LogP contribution >= 0.6 is 15.9 Å². The highest BCUT2D eigenvalue weighted by molar-refractivity contribution is 9.09. The van der Waals surface area contributed by atoms with E-state index in [0.717, 1.165) is 18.2 Å². The van der Waals surface area contributed by atoms with Crippen LogP contribution in [-0.4, -0.2) is 21.9 Å². The summed E-state index contributed by atoms with van der Waals surface area (Å²) in [6.45, 7) is 4.07. The second kappa shape index (κ2) is 6.05. The molecule has 4 heteroatoms. The maximum atomic E-state index is 12.0. The molecule has 0 aliphatic heterocycles. The van der Waals surface area contributed by atoms with E-state index in [-0.39, 0.29) is 17.2 Å². The monoisotopic (exact) mass is 299 g/mol. The van der Waals surface area contributed by atoms with Gasteiger partial charge in [-0.05, 0) is 38.0 Å². The first kappa shape index (κ1) is 14.0. The molecule has 1 amide bonds. The highest BCUT2D eigenvalue weighted by atomic mass is 79.9. The molecule has 17 heavy (non-hydrogen) atoms. The first-order valence-electron chi connectivity index (χ1n) is 5.68. The summed E-state index contributed by atoms with van der Waals surface area (Å²) >= 11 is 3.39. The predicted octanol–water partition coefficient (Wildman–Crippen LogP) is 3.08. The van der Waals surface area contributed by atoms with Gasteiger partial charge < -0.3 is 10.4 Å². The molecule has 1 aromatic carbocycles. The summed E-state index contributed by atoms with van der Waals surface area (Å²) in [5.74, 6) is -0.0393. The summed E-state index contributed by atoms with van der Waals surface area (Å²) in [5, 5.41) is 13.2. The van der Waals surface area contributed by atoms with Crippen molar-refractivity contribution in [2.45, 2.75) is 32.2 Å². The van der Waals surface area contributed by atoms with Crippen LogP contribution in [0.5, 0.6) is 5.75 Å². The fourth-order valence-electron chi connectivity index (χ4n) is 1.53. The van der Waals surface area contributed by atoms with Gasteiger partial charge in [-0.25, -0.2) is 0 Å². The summed E-state index contributed by atoms with van der Waals surface area (Å²) in [6, 6.07) is 6.38. The largest absolute Gasteiger partial charge is 0.508 e. The molecule has 1 unspecified atom stereocenters. The lowest BCUT2D eigenvalue weighted by Gasteiger charge is -2.29. The summed E-state index contributed by atoms with van der Waals surface area (Å²) in [4.78, 5) is 12.0. The molecule has 1 atom stereocenters. The molecular formula is C13H18BrNO2. The molecule has 0 radical (unpaired) electrons. The van der Waals surface area contributed by atoms with E-state index in [9.17, 15) is 9.90 Å². The van der Waals surface area contributed by atoms with E-state index >= 15 is 0 Å². The Morgan fingerprint density at radius 2 is 2.24 bits per heavy atom. The molecule has 0 saturated heterocycles. The number of phenolic OH excluding ortho intramolecular Hbond substituents is 1. The normalized spacial score (nSPS) is 14.1. The third-order valence-corrected chi connectivity index (χ3v) is 3.35. The summed E-state index contributed by atoms with van der Waals surface area (Å²) in [7, 11) is 0. The fourth-order valence-corrected chi connectivity index (χ4v) is 2.40. The zero-order chi connectivity index (χ0) is 12.9. The third kappa shape index (κ3) is 4.04. The van der Waals surface area contributed by atoms with Crippen molar-refractivity contribution in [3.05, 3.63) is 29.8 Å². The minimum atomic E-state index is -0.216. The number of halogens is 1. The number of alkyl halides is 1.